The molecule has 0 spiro atoms. The molecule has 3 amide bonds. The fraction of sp³-hybridized carbons (Fsp3) is 0.250. The van der Waals surface area contributed by atoms with Gasteiger partial charge in [0.15, 0.2) is 5.54 Å². The average molecular weight is 432 g/mol. The summed E-state index contributed by atoms with van der Waals surface area (Å²) in [5.74, 6) is -1.67. The molecule has 0 bridgehead atoms. The van der Waals surface area contributed by atoms with Gasteiger partial charge in [-0.3, -0.25) is 14.4 Å². The largest absolute Gasteiger partial charge is 0.333 e. The Hall–Kier alpha value is -2.67. The third-order valence-electron chi connectivity index (χ3n) is 4.07. The van der Waals surface area contributed by atoms with Gasteiger partial charge in [-0.2, -0.15) is 0 Å². The maximum absolute atomic E-state index is 13.1. The van der Waals surface area contributed by atoms with E-state index in [1.807, 2.05) is 12.1 Å². The Balaban J connectivity index is 2.34. The van der Waals surface area contributed by atoms with E-state index in [2.05, 4.69) is 31.9 Å². The molecule has 0 saturated heterocycles. The number of para-hydroxylation sites is 2. The van der Waals surface area contributed by atoms with Crippen LogP contribution in [0.15, 0.2) is 60.7 Å². The zero-order chi connectivity index (χ0) is 19.9. The molecule has 6 nitrogen and oxygen atoms in total. The zero-order valence-electron chi connectivity index (χ0n) is 15.2. The molecule has 3 N–H and O–H groups in total. The Morgan fingerprint density at radius 1 is 0.889 bits per heavy atom. The van der Waals surface area contributed by atoms with E-state index in [1.54, 1.807) is 62.4 Å². The first kappa shape index (κ1) is 20.6. The number of nitrogens with one attached hydrogen (secondary N) is 3. The number of amides is 3. The van der Waals surface area contributed by atoms with Crippen molar-refractivity contribution in [1.82, 2.24) is 5.32 Å². The minimum Gasteiger partial charge on any atom is -0.333 e. The quantitative estimate of drug-likeness (QED) is 0.464. The predicted molar refractivity (Wildman–Crippen MR) is 110 cm³/mol. The van der Waals surface area contributed by atoms with Crippen molar-refractivity contribution in [2.24, 2.45) is 0 Å². The Labute approximate surface area is 166 Å². The van der Waals surface area contributed by atoms with Gasteiger partial charge in [0, 0.05) is 11.4 Å². The van der Waals surface area contributed by atoms with Crippen LogP contribution in [0.4, 0.5) is 11.4 Å². The van der Waals surface area contributed by atoms with Gasteiger partial charge in [-0.1, -0.05) is 59.3 Å². The lowest BCUT2D eigenvalue weighted by molar-refractivity contribution is -0.138. The molecule has 2 rings (SSSR count). The molecule has 27 heavy (non-hydrogen) atoms. The van der Waals surface area contributed by atoms with Crippen LogP contribution in [0, 0.1) is 0 Å². The number of anilines is 2. The topological polar surface area (TPSA) is 87.3 Å². The number of rotatable bonds is 7. The SMILES string of the molecule is CCC(NC(=O)C(C)Br)(C(=O)Nc1ccccc1)C(=O)Nc1ccccc1. The van der Waals surface area contributed by atoms with Crippen molar-refractivity contribution in [1.29, 1.82) is 0 Å². The summed E-state index contributed by atoms with van der Waals surface area (Å²) in [6.07, 6.45) is 0.0792. The van der Waals surface area contributed by atoms with Crippen molar-refractivity contribution in [2.45, 2.75) is 30.6 Å². The van der Waals surface area contributed by atoms with Crippen molar-refractivity contribution < 1.29 is 14.4 Å². The van der Waals surface area contributed by atoms with E-state index >= 15 is 0 Å². The van der Waals surface area contributed by atoms with Gasteiger partial charge >= 0.3 is 0 Å². The number of alkyl halides is 1. The molecule has 0 aliphatic rings. The number of carbonyl (C=O) groups is 3. The normalized spacial score (nSPS) is 12.0. The highest BCUT2D eigenvalue weighted by molar-refractivity contribution is 9.10. The lowest BCUT2D eigenvalue weighted by Crippen LogP contribution is -2.64. The number of carbonyl (C=O) groups excluding carboxylic acids is 3. The fourth-order valence-electron chi connectivity index (χ4n) is 2.45. The molecule has 0 radical (unpaired) electrons. The molecule has 0 aliphatic heterocycles. The Morgan fingerprint density at radius 2 is 1.30 bits per heavy atom. The molecule has 1 unspecified atom stereocenters. The average Bonchev–Trinajstić information content (AvgIpc) is 2.67. The maximum atomic E-state index is 13.1. The van der Waals surface area contributed by atoms with E-state index in [0.29, 0.717) is 11.4 Å². The van der Waals surface area contributed by atoms with Gasteiger partial charge in [-0.25, -0.2) is 0 Å². The summed E-state index contributed by atoms with van der Waals surface area (Å²) in [5.41, 5.74) is -0.687. The molecule has 0 aliphatic carbocycles. The maximum Gasteiger partial charge on any atom is 0.259 e. The first-order valence-corrected chi connectivity index (χ1v) is 9.49. The molecule has 0 saturated carbocycles. The molecule has 0 aromatic heterocycles. The van der Waals surface area contributed by atoms with Crippen LogP contribution in [0.25, 0.3) is 0 Å². The van der Waals surface area contributed by atoms with Gasteiger partial charge in [0.2, 0.25) is 5.91 Å². The summed E-state index contributed by atoms with van der Waals surface area (Å²) >= 11 is 3.18. The third kappa shape index (κ3) is 5.17. The highest BCUT2D eigenvalue weighted by Gasteiger charge is 2.46. The summed E-state index contributed by atoms with van der Waals surface area (Å²) in [4.78, 5) is 37.9. The van der Waals surface area contributed by atoms with Crippen molar-refractivity contribution in [3.05, 3.63) is 60.7 Å². The van der Waals surface area contributed by atoms with E-state index in [0.717, 1.165) is 0 Å². The predicted octanol–water partition coefficient (Wildman–Crippen LogP) is 3.31. The molecule has 142 valence electrons. The summed E-state index contributed by atoms with van der Waals surface area (Å²) in [6.45, 7) is 3.30. The Kier molecular flexibility index (Phi) is 7.12. The zero-order valence-corrected chi connectivity index (χ0v) is 16.7. The Morgan fingerprint density at radius 3 is 1.63 bits per heavy atom. The molecule has 0 fully saturated rings. The van der Waals surface area contributed by atoms with Gasteiger partial charge < -0.3 is 16.0 Å². The highest BCUT2D eigenvalue weighted by atomic mass is 79.9. The van der Waals surface area contributed by atoms with Gasteiger partial charge in [0.1, 0.15) is 0 Å². The monoisotopic (exact) mass is 431 g/mol. The standard InChI is InChI=1S/C20H22BrN3O3/c1-3-20(24-17(25)14(2)21,18(26)22-15-10-6-4-7-11-15)19(27)23-16-12-8-5-9-13-16/h4-14H,3H2,1-2H3,(H,22,26)(H,23,27)(H,24,25). The van der Waals surface area contributed by atoms with Crippen LogP contribution in [-0.4, -0.2) is 28.1 Å². The van der Waals surface area contributed by atoms with Crippen LogP contribution in [0.3, 0.4) is 0 Å². The molecule has 2 aromatic rings. The molecule has 2 aromatic carbocycles. The lowest BCUT2D eigenvalue weighted by atomic mass is 9.92. The number of hydrogen-bond donors (Lipinski definition) is 3. The van der Waals surface area contributed by atoms with Crippen molar-refractivity contribution in [3.63, 3.8) is 0 Å². The highest BCUT2D eigenvalue weighted by Crippen LogP contribution is 2.19. The lowest BCUT2D eigenvalue weighted by Gasteiger charge is -2.31. The van der Waals surface area contributed by atoms with E-state index in [4.69, 9.17) is 0 Å². The molecular formula is C20H22BrN3O3. The second-order valence-corrected chi connectivity index (χ2v) is 7.38. The number of halogens is 1. The van der Waals surface area contributed by atoms with Crippen LogP contribution in [0.5, 0.6) is 0 Å². The van der Waals surface area contributed by atoms with Crippen molar-refractivity contribution in [2.75, 3.05) is 10.6 Å². The van der Waals surface area contributed by atoms with Crippen LogP contribution in [-0.2, 0) is 14.4 Å². The molecule has 1 atom stereocenters. The van der Waals surface area contributed by atoms with Gasteiger partial charge in [0.25, 0.3) is 11.8 Å². The van der Waals surface area contributed by atoms with E-state index in [9.17, 15) is 14.4 Å². The van der Waals surface area contributed by atoms with Gasteiger partial charge in [0.05, 0.1) is 4.83 Å². The summed E-state index contributed by atoms with van der Waals surface area (Å²) in [5, 5.41) is 8.04. The fourth-order valence-corrected chi connectivity index (χ4v) is 2.57. The molecular weight excluding hydrogens is 410 g/mol. The third-order valence-corrected chi connectivity index (χ3v) is 4.48. The van der Waals surface area contributed by atoms with Gasteiger partial charge in [-0.05, 0) is 37.6 Å². The van der Waals surface area contributed by atoms with Crippen molar-refractivity contribution in [3.8, 4) is 0 Å². The van der Waals surface area contributed by atoms with Crippen molar-refractivity contribution >= 4 is 45.0 Å². The summed E-state index contributed by atoms with van der Waals surface area (Å²) in [6, 6.07) is 17.6. The van der Waals surface area contributed by atoms with Crippen LogP contribution in [0.2, 0.25) is 0 Å². The van der Waals surface area contributed by atoms with Crippen LogP contribution < -0.4 is 16.0 Å². The molecule has 7 heteroatoms. The van der Waals surface area contributed by atoms with Crippen LogP contribution >= 0.6 is 15.9 Å². The van der Waals surface area contributed by atoms with E-state index in [-0.39, 0.29) is 6.42 Å². The number of hydrogen-bond acceptors (Lipinski definition) is 3. The summed E-state index contributed by atoms with van der Waals surface area (Å²) in [7, 11) is 0. The second-order valence-electron chi connectivity index (χ2n) is 6.00. The molecule has 0 heterocycles. The Bertz CT molecular complexity index is 741. The summed E-state index contributed by atoms with van der Waals surface area (Å²) < 4.78 is 0. The second kappa shape index (κ2) is 9.32. The first-order chi connectivity index (χ1) is 12.9. The smallest absolute Gasteiger partial charge is 0.259 e. The minimum absolute atomic E-state index is 0.0792. The van der Waals surface area contributed by atoms with E-state index < -0.39 is 28.1 Å². The van der Waals surface area contributed by atoms with Crippen LogP contribution in [0.1, 0.15) is 20.3 Å². The first-order valence-electron chi connectivity index (χ1n) is 8.58. The van der Waals surface area contributed by atoms with E-state index in [1.165, 1.54) is 0 Å². The minimum atomic E-state index is -1.76. The van der Waals surface area contributed by atoms with Gasteiger partial charge in [-0.15, -0.1) is 0 Å². The number of benzene rings is 2.